The molecule has 2 heterocycles. The first-order valence-electron chi connectivity index (χ1n) is 18.8. The largest absolute Gasteiger partial charge is 0.311 e. The van der Waals surface area contributed by atoms with Crippen LogP contribution in [0.4, 0.5) is 17.1 Å². The predicted molar refractivity (Wildman–Crippen MR) is 231 cm³/mol. The molecule has 0 fully saturated rings. The van der Waals surface area contributed by atoms with Crippen LogP contribution in [0, 0.1) is 0 Å². The van der Waals surface area contributed by atoms with Gasteiger partial charge in [-0.05, 0) is 70.8 Å². The first-order valence-corrected chi connectivity index (χ1v) is 18.8. The van der Waals surface area contributed by atoms with Gasteiger partial charge in [0.05, 0.1) is 11.0 Å². The summed E-state index contributed by atoms with van der Waals surface area (Å²) >= 11 is 0. The molecule has 0 saturated heterocycles. The molecule has 0 spiro atoms. The van der Waals surface area contributed by atoms with Crippen molar-refractivity contribution < 1.29 is 0 Å². The van der Waals surface area contributed by atoms with E-state index in [1.807, 2.05) is 36.4 Å². The molecule has 0 atom stereocenters. The molecule has 5 nitrogen and oxygen atoms in total. The molecule has 0 unspecified atom stereocenters. The van der Waals surface area contributed by atoms with Crippen LogP contribution in [0.25, 0.3) is 72.8 Å². The number of aromatic nitrogens is 4. The third-order valence-electron chi connectivity index (χ3n) is 10.3. The molecule has 0 aliphatic heterocycles. The molecule has 10 rings (SSSR count). The zero-order chi connectivity index (χ0) is 37.3. The van der Waals surface area contributed by atoms with Gasteiger partial charge >= 0.3 is 0 Å². The number of rotatable bonds is 8. The maximum Gasteiger partial charge on any atom is 0.238 e. The lowest BCUT2D eigenvalue weighted by Crippen LogP contribution is -2.09. The van der Waals surface area contributed by atoms with Gasteiger partial charge < -0.3 is 4.90 Å². The molecule has 0 radical (unpaired) electrons. The molecule has 0 aliphatic rings. The zero-order valence-electron chi connectivity index (χ0n) is 30.4. The number of nitrogens with zero attached hydrogens (tertiary/aromatic N) is 5. The van der Waals surface area contributed by atoms with Crippen LogP contribution in [0.3, 0.4) is 0 Å². The summed E-state index contributed by atoms with van der Waals surface area (Å²) in [5, 5.41) is 2.31. The Kier molecular flexibility index (Phi) is 8.43. The molecule has 264 valence electrons. The maximum atomic E-state index is 5.24. The van der Waals surface area contributed by atoms with Gasteiger partial charge in [0.2, 0.25) is 5.95 Å². The van der Waals surface area contributed by atoms with Crippen molar-refractivity contribution >= 4 is 38.9 Å². The fourth-order valence-corrected chi connectivity index (χ4v) is 7.62. The molecule has 8 aromatic carbocycles. The van der Waals surface area contributed by atoms with E-state index in [1.54, 1.807) is 0 Å². The molecule has 0 saturated carbocycles. The molecule has 5 heteroatoms. The van der Waals surface area contributed by atoms with Crippen LogP contribution in [0.15, 0.2) is 212 Å². The Balaban J connectivity index is 1.08. The molecule has 0 N–H and O–H groups in total. The van der Waals surface area contributed by atoms with E-state index in [1.165, 1.54) is 11.1 Å². The van der Waals surface area contributed by atoms with Crippen LogP contribution in [0.5, 0.6) is 0 Å². The average molecular weight is 718 g/mol. The molecule has 0 bridgehead atoms. The molecule has 0 amide bonds. The first-order chi connectivity index (χ1) is 27.8. The number of anilines is 3. The average Bonchev–Trinajstić information content (AvgIpc) is 3.62. The second-order valence-electron chi connectivity index (χ2n) is 13.7. The normalized spacial score (nSPS) is 11.2. The minimum Gasteiger partial charge on any atom is -0.311 e. The third-order valence-corrected chi connectivity index (χ3v) is 10.3. The van der Waals surface area contributed by atoms with E-state index in [-0.39, 0.29) is 0 Å². The number of hydrogen-bond acceptors (Lipinski definition) is 4. The Labute approximate surface area is 325 Å². The minimum absolute atomic E-state index is 0.577. The highest BCUT2D eigenvalue weighted by Crippen LogP contribution is 2.39. The number of para-hydroxylation sites is 3. The second-order valence-corrected chi connectivity index (χ2v) is 13.7. The summed E-state index contributed by atoms with van der Waals surface area (Å²) in [6, 6.07) is 73.9. The van der Waals surface area contributed by atoms with E-state index in [2.05, 4.69) is 185 Å². The fraction of sp³-hybridized carbons (Fsp3) is 0. The number of benzene rings is 8. The third kappa shape index (κ3) is 6.07. The van der Waals surface area contributed by atoms with Gasteiger partial charge in [-0.25, -0.2) is 4.98 Å². The van der Waals surface area contributed by atoms with Crippen LogP contribution in [0.1, 0.15) is 0 Å². The highest BCUT2D eigenvalue weighted by molar-refractivity contribution is 6.09. The molecule has 10 aromatic rings. The van der Waals surface area contributed by atoms with Crippen LogP contribution >= 0.6 is 0 Å². The van der Waals surface area contributed by atoms with Crippen LogP contribution in [0.2, 0.25) is 0 Å². The fourth-order valence-electron chi connectivity index (χ4n) is 7.62. The lowest BCUT2D eigenvalue weighted by molar-refractivity contribution is 0.953. The van der Waals surface area contributed by atoms with E-state index in [0.717, 1.165) is 61.1 Å². The lowest BCUT2D eigenvalue weighted by atomic mass is 9.98. The van der Waals surface area contributed by atoms with Crippen LogP contribution in [-0.2, 0) is 0 Å². The summed E-state index contributed by atoms with van der Waals surface area (Å²) in [4.78, 5) is 17.8. The van der Waals surface area contributed by atoms with E-state index >= 15 is 0 Å². The van der Waals surface area contributed by atoms with Gasteiger partial charge in [0.15, 0.2) is 11.6 Å². The maximum absolute atomic E-state index is 5.24. The van der Waals surface area contributed by atoms with Crippen LogP contribution in [-0.4, -0.2) is 19.5 Å². The topological polar surface area (TPSA) is 46.8 Å². The van der Waals surface area contributed by atoms with E-state index in [0.29, 0.717) is 17.6 Å². The monoisotopic (exact) mass is 717 g/mol. The van der Waals surface area contributed by atoms with Crippen molar-refractivity contribution in [2.75, 3.05) is 4.90 Å². The highest BCUT2D eigenvalue weighted by atomic mass is 15.2. The summed E-state index contributed by atoms with van der Waals surface area (Å²) < 4.78 is 2.16. The Morgan fingerprint density at radius 1 is 0.304 bits per heavy atom. The van der Waals surface area contributed by atoms with Gasteiger partial charge in [-0.1, -0.05) is 164 Å². The van der Waals surface area contributed by atoms with E-state index in [4.69, 9.17) is 15.0 Å². The molecular weight excluding hydrogens is 683 g/mol. The van der Waals surface area contributed by atoms with E-state index in [9.17, 15) is 0 Å². The Morgan fingerprint density at radius 2 is 0.732 bits per heavy atom. The van der Waals surface area contributed by atoms with Gasteiger partial charge in [0, 0.05) is 39.0 Å². The molecule has 2 aromatic heterocycles. The molecular formula is C51H35N5. The molecule has 0 aliphatic carbocycles. The smallest absolute Gasteiger partial charge is 0.238 e. The van der Waals surface area contributed by atoms with Crippen molar-refractivity contribution in [3.05, 3.63) is 212 Å². The number of hydrogen-bond donors (Lipinski definition) is 0. The van der Waals surface area contributed by atoms with Crippen LogP contribution < -0.4 is 4.90 Å². The minimum atomic E-state index is 0.577. The SMILES string of the molecule is c1ccc(-c2ccc(N(c3ccccc3)c3ccc(-c4ccccc4-c4nc(-c5ccccc5)nc(-n5c6ccccc6c6ccccc65)n4)cc3)cc2)cc1. The van der Waals surface area contributed by atoms with Crippen molar-refractivity contribution in [3.8, 4) is 51.0 Å². The lowest BCUT2D eigenvalue weighted by Gasteiger charge is -2.26. The van der Waals surface area contributed by atoms with Gasteiger partial charge in [0.1, 0.15) is 0 Å². The van der Waals surface area contributed by atoms with Crippen molar-refractivity contribution in [1.82, 2.24) is 19.5 Å². The second kappa shape index (κ2) is 14.3. The summed E-state index contributed by atoms with van der Waals surface area (Å²) in [6.07, 6.45) is 0. The van der Waals surface area contributed by atoms with Crippen molar-refractivity contribution in [3.63, 3.8) is 0 Å². The molecule has 56 heavy (non-hydrogen) atoms. The highest BCUT2D eigenvalue weighted by Gasteiger charge is 2.20. The Morgan fingerprint density at radius 3 is 1.34 bits per heavy atom. The van der Waals surface area contributed by atoms with Gasteiger partial charge in [0.25, 0.3) is 0 Å². The summed E-state index contributed by atoms with van der Waals surface area (Å²) in [5.41, 5.74) is 11.7. The standard InChI is InChI=1S/C51H35N5/c1-4-16-36(17-5-1)37-28-32-41(33-29-37)55(40-20-8-3-9-21-40)42-34-30-38(31-35-42)43-22-10-11-25-46(43)50-52-49(39-18-6-2-7-19-39)53-51(54-50)56-47-26-14-12-23-44(47)45-24-13-15-27-48(45)56/h1-35H. The van der Waals surface area contributed by atoms with Crippen molar-refractivity contribution in [2.45, 2.75) is 0 Å². The zero-order valence-corrected chi connectivity index (χ0v) is 30.4. The van der Waals surface area contributed by atoms with Gasteiger partial charge in [-0.2, -0.15) is 9.97 Å². The Bertz CT molecular complexity index is 2890. The quantitative estimate of drug-likeness (QED) is 0.157. The van der Waals surface area contributed by atoms with Gasteiger partial charge in [-0.15, -0.1) is 0 Å². The summed E-state index contributed by atoms with van der Waals surface area (Å²) in [5.74, 6) is 1.81. The summed E-state index contributed by atoms with van der Waals surface area (Å²) in [7, 11) is 0. The van der Waals surface area contributed by atoms with E-state index < -0.39 is 0 Å². The Hall–Kier alpha value is -7.63. The van der Waals surface area contributed by atoms with Crippen molar-refractivity contribution in [1.29, 1.82) is 0 Å². The first kappa shape index (κ1) is 33.0. The number of fused-ring (bicyclic) bond motifs is 3. The summed E-state index contributed by atoms with van der Waals surface area (Å²) in [6.45, 7) is 0. The van der Waals surface area contributed by atoms with Crippen molar-refractivity contribution in [2.24, 2.45) is 0 Å². The van der Waals surface area contributed by atoms with Gasteiger partial charge in [-0.3, -0.25) is 4.57 Å². The predicted octanol–water partition coefficient (Wildman–Crippen LogP) is 13.1.